The topological polar surface area (TPSA) is 83.1 Å². The molecule has 118 valence electrons. The molecule has 0 aliphatic heterocycles. The lowest BCUT2D eigenvalue weighted by molar-refractivity contribution is 0.0933. The van der Waals surface area contributed by atoms with Crippen LogP contribution in [0.4, 0.5) is 0 Å². The molecule has 2 aromatic carbocycles. The summed E-state index contributed by atoms with van der Waals surface area (Å²) in [5.74, 6) is -1.29. The summed E-state index contributed by atoms with van der Waals surface area (Å²) in [6, 6.07) is 12.7. The second-order valence-electron chi connectivity index (χ2n) is 5.23. The van der Waals surface area contributed by atoms with Gasteiger partial charge in [0, 0.05) is 22.9 Å². The van der Waals surface area contributed by atoms with Gasteiger partial charge in [-0.1, -0.05) is 17.7 Å². The maximum Gasteiger partial charge on any atom is 0.230 e. The van der Waals surface area contributed by atoms with Crippen molar-refractivity contribution >= 4 is 34.2 Å². The summed E-state index contributed by atoms with van der Waals surface area (Å²) < 4.78 is 1.05. The Bertz CT molecular complexity index is 1030. The lowest BCUT2D eigenvalue weighted by Gasteiger charge is -2.02. The van der Waals surface area contributed by atoms with Crippen LogP contribution in [0, 0.1) is 11.3 Å². The number of ketones is 1. The summed E-state index contributed by atoms with van der Waals surface area (Å²) in [4.78, 5) is 24.7. The number of carbonyl (C=O) groups is 2. The van der Waals surface area contributed by atoms with Crippen molar-refractivity contribution < 1.29 is 14.7 Å². The molecule has 6 heteroatoms. The Kier molecular flexibility index (Phi) is 3.84. The highest BCUT2D eigenvalue weighted by Gasteiger charge is 2.25. The molecule has 0 spiro atoms. The second-order valence-corrected chi connectivity index (χ2v) is 5.67. The fraction of sp³-hybridized carbons (Fsp3) is 0.0556. The van der Waals surface area contributed by atoms with Crippen LogP contribution in [0.25, 0.3) is 10.9 Å². The van der Waals surface area contributed by atoms with E-state index in [0.29, 0.717) is 27.1 Å². The molecule has 0 atom stereocenters. The van der Waals surface area contributed by atoms with Crippen molar-refractivity contribution in [2.75, 3.05) is 0 Å². The van der Waals surface area contributed by atoms with E-state index in [1.807, 2.05) is 6.07 Å². The Morgan fingerprint density at radius 1 is 1.17 bits per heavy atom. The summed E-state index contributed by atoms with van der Waals surface area (Å²) in [5, 5.41) is 20.1. The largest absolute Gasteiger partial charge is 0.494 e. The van der Waals surface area contributed by atoms with Crippen LogP contribution in [-0.2, 0) is 0 Å². The van der Waals surface area contributed by atoms with E-state index >= 15 is 0 Å². The van der Waals surface area contributed by atoms with Crippen LogP contribution < -0.4 is 0 Å². The highest BCUT2D eigenvalue weighted by Crippen LogP contribution is 2.34. The van der Waals surface area contributed by atoms with Crippen LogP contribution in [0.2, 0.25) is 5.02 Å². The van der Waals surface area contributed by atoms with Crippen LogP contribution in [0.1, 0.15) is 33.2 Å². The maximum absolute atomic E-state index is 12.8. The number of benzene rings is 2. The predicted molar refractivity (Wildman–Crippen MR) is 89.5 cm³/mol. The van der Waals surface area contributed by atoms with Crippen LogP contribution in [0.5, 0.6) is 5.88 Å². The number of hydrogen-bond acceptors (Lipinski definition) is 4. The third-order valence-electron chi connectivity index (χ3n) is 3.72. The Hall–Kier alpha value is -3.10. The lowest BCUT2D eigenvalue weighted by Crippen LogP contribution is -2.06. The average Bonchev–Trinajstić information content (AvgIpc) is 2.85. The second kappa shape index (κ2) is 5.84. The number of nitrogens with zero attached hydrogens (tertiary/aromatic N) is 2. The number of aromatic nitrogens is 1. The van der Waals surface area contributed by atoms with Gasteiger partial charge in [-0.25, -0.2) is 4.57 Å². The molecular formula is C18H11ClN2O3. The zero-order valence-corrected chi connectivity index (χ0v) is 13.3. The molecule has 0 aliphatic carbocycles. The minimum absolute atomic E-state index is 0.0292. The molecule has 0 bridgehead atoms. The van der Waals surface area contributed by atoms with Crippen molar-refractivity contribution in [3.63, 3.8) is 0 Å². The Balaban J connectivity index is 2.25. The van der Waals surface area contributed by atoms with Crippen molar-refractivity contribution in [3.05, 3.63) is 64.2 Å². The summed E-state index contributed by atoms with van der Waals surface area (Å²) in [5.41, 5.74) is 1.13. The van der Waals surface area contributed by atoms with Gasteiger partial charge >= 0.3 is 0 Å². The zero-order valence-electron chi connectivity index (χ0n) is 12.6. The highest BCUT2D eigenvalue weighted by atomic mass is 35.5. The first-order valence-corrected chi connectivity index (χ1v) is 7.40. The van der Waals surface area contributed by atoms with Gasteiger partial charge in [0.2, 0.25) is 11.8 Å². The quantitative estimate of drug-likeness (QED) is 0.721. The third-order valence-corrected chi connectivity index (χ3v) is 3.96. The van der Waals surface area contributed by atoms with Crippen LogP contribution in [0.15, 0.2) is 42.5 Å². The highest BCUT2D eigenvalue weighted by molar-refractivity contribution is 6.31. The van der Waals surface area contributed by atoms with E-state index in [9.17, 15) is 14.7 Å². The van der Waals surface area contributed by atoms with E-state index in [4.69, 9.17) is 16.9 Å². The first-order chi connectivity index (χ1) is 11.4. The number of nitriles is 1. The number of rotatable bonds is 2. The van der Waals surface area contributed by atoms with Crippen molar-refractivity contribution in [1.29, 1.82) is 5.26 Å². The molecule has 0 unspecified atom stereocenters. The van der Waals surface area contributed by atoms with E-state index in [1.54, 1.807) is 12.1 Å². The normalized spacial score (nSPS) is 10.5. The molecule has 0 aliphatic rings. The molecule has 1 heterocycles. The van der Waals surface area contributed by atoms with Crippen molar-refractivity contribution in [2.24, 2.45) is 0 Å². The van der Waals surface area contributed by atoms with E-state index in [-0.39, 0.29) is 5.56 Å². The molecule has 0 fully saturated rings. The lowest BCUT2D eigenvalue weighted by atomic mass is 10.0. The molecular weight excluding hydrogens is 328 g/mol. The van der Waals surface area contributed by atoms with Crippen molar-refractivity contribution in [3.8, 4) is 11.9 Å². The first kappa shape index (κ1) is 15.8. The van der Waals surface area contributed by atoms with Crippen molar-refractivity contribution in [1.82, 2.24) is 4.57 Å². The number of carbonyl (C=O) groups excluding carboxylic acids is 2. The summed E-state index contributed by atoms with van der Waals surface area (Å²) in [6.45, 7) is 1.29. The SMILES string of the molecule is CC(=O)n1c(O)c(C(=O)c2ccc(C#N)cc2)c2ccc(Cl)cc21. The van der Waals surface area contributed by atoms with Gasteiger partial charge in [-0.15, -0.1) is 0 Å². The minimum atomic E-state index is -0.440. The zero-order chi connectivity index (χ0) is 17.4. The minimum Gasteiger partial charge on any atom is -0.494 e. The Labute approximate surface area is 142 Å². The van der Waals surface area contributed by atoms with Crippen LogP contribution >= 0.6 is 11.6 Å². The van der Waals surface area contributed by atoms with Gasteiger partial charge in [0.15, 0.2) is 5.78 Å². The predicted octanol–water partition coefficient (Wildman–Crippen LogP) is 3.76. The fourth-order valence-corrected chi connectivity index (χ4v) is 2.80. The van der Waals surface area contributed by atoms with Crippen LogP contribution in [0.3, 0.4) is 0 Å². The summed E-state index contributed by atoms with van der Waals surface area (Å²) in [6.07, 6.45) is 0. The molecule has 0 amide bonds. The monoisotopic (exact) mass is 338 g/mol. The first-order valence-electron chi connectivity index (χ1n) is 7.02. The summed E-state index contributed by atoms with van der Waals surface area (Å²) >= 11 is 5.97. The van der Waals surface area contributed by atoms with Gasteiger partial charge in [0.1, 0.15) is 0 Å². The molecule has 0 radical (unpaired) electrons. The van der Waals surface area contributed by atoms with Gasteiger partial charge in [0.25, 0.3) is 0 Å². The average molecular weight is 339 g/mol. The molecule has 0 saturated carbocycles. The number of aromatic hydroxyl groups is 1. The fourth-order valence-electron chi connectivity index (χ4n) is 2.63. The van der Waals surface area contributed by atoms with E-state index in [2.05, 4.69) is 0 Å². The number of fused-ring (bicyclic) bond motifs is 1. The van der Waals surface area contributed by atoms with E-state index in [0.717, 1.165) is 4.57 Å². The van der Waals surface area contributed by atoms with Crippen LogP contribution in [-0.4, -0.2) is 21.4 Å². The Morgan fingerprint density at radius 3 is 2.42 bits per heavy atom. The molecule has 1 aromatic heterocycles. The third kappa shape index (κ3) is 2.43. The molecule has 1 N–H and O–H groups in total. The summed E-state index contributed by atoms with van der Waals surface area (Å²) in [7, 11) is 0. The van der Waals surface area contributed by atoms with E-state index in [1.165, 1.54) is 37.3 Å². The van der Waals surface area contributed by atoms with Gasteiger partial charge in [-0.2, -0.15) is 5.26 Å². The van der Waals surface area contributed by atoms with Gasteiger partial charge in [0.05, 0.1) is 22.7 Å². The van der Waals surface area contributed by atoms with Crippen molar-refractivity contribution in [2.45, 2.75) is 6.92 Å². The number of halogens is 1. The molecule has 3 rings (SSSR count). The van der Waals surface area contributed by atoms with Gasteiger partial charge in [-0.3, -0.25) is 9.59 Å². The smallest absolute Gasteiger partial charge is 0.230 e. The molecule has 24 heavy (non-hydrogen) atoms. The maximum atomic E-state index is 12.8. The molecule has 3 aromatic rings. The number of hydrogen-bond donors (Lipinski definition) is 1. The molecule has 5 nitrogen and oxygen atoms in total. The molecule has 0 saturated heterocycles. The van der Waals surface area contributed by atoms with Gasteiger partial charge < -0.3 is 5.11 Å². The van der Waals surface area contributed by atoms with E-state index < -0.39 is 17.6 Å². The standard InChI is InChI=1S/C18H11ClN2O3/c1-10(22)21-15-8-13(19)6-7-14(15)16(18(21)24)17(23)12-4-2-11(9-20)3-5-12/h2-8,24H,1H3. The van der Waals surface area contributed by atoms with Gasteiger partial charge in [-0.05, 0) is 36.4 Å². The Morgan fingerprint density at radius 2 is 1.83 bits per heavy atom.